The van der Waals surface area contributed by atoms with Gasteiger partial charge in [-0.05, 0) is 6.04 Å². The van der Waals surface area contributed by atoms with Crippen LogP contribution in [0.3, 0.4) is 0 Å². The molecule has 16 heteroatoms. The van der Waals surface area contributed by atoms with E-state index >= 15 is 0 Å². The van der Waals surface area contributed by atoms with Crippen LogP contribution in [0.2, 0.25) is 6.04 Å². The molecular formula is C16H24F9N3O3Si. The zero-order valence-corrected chi connectivity index (χ0v) is 18.7. The number of rotatable bonds is 9. The van der Waals surface area contributed by atoms with Gasteiger partial charge in [0.15, 0.2) is 0 Å². The van der Waals surface area contributed by atoms with Gasteiger partial charge in [0.25, 0.3) is 0 Å². The third-order valence-electron chi connectivity index (χ3n) is 4.87. The molecule has 0 aromatic heterocycles. The maximum atomic E-state index is 13.1. The van der Waals surface area contributed by atoms with Crippen LogP contribution >= 0.6 is 0 Å². The van der Waals surface area contributed by atoms with E-state index in [1.54, 1.807) is 6.92 Å². The van der Waals surface area contributed by atoms with Gasteiger partial charge in [-0.2, -0.15) is 39.5 Å². The van der Waals surface area contributed by atoms with Gasteiger partial charge in [0.05, 0.1) is 0 Å². The van der Waals surface area contributed by atoms with Crippen LogP contribution in [0.4, 0.5) is 39.5 Å². The lowest BCUT2D eigenvalue weighted by molar-refractivity contribution is -0.187. The minimum absolute atomic E-state index is 0.179. The summed E-state index contributed by atoms with van der Waals surface area (Å²) >= 11 is 0. The Morgan fingerprint density at radius 2 is 0.875 bits per heavy atom. The Bertz CT molecular complexity index is 602. The van der Waals surface area contributed by atoms with E-state index in [0.29, 0.717) is 40.4 Å². The van der Waals surface area contributed by atoms with Crippen LogP contribution in [-0.2, 0) is 14.4 Å². The van der Waals surface area contributed by atoms with Crippen molar-refractivity contribution in [3.8, 4) is 0 Å². The molecule has 0 aromatic carbocycles. The molecule has 0 aliphatic rings. The minimum Gasteiger partial charge on any atom is -0.330 e. The molecule has 0 bridgehead atoms. The summed E-state index contributed by atoms with van der Waals surface area (Å²) in [4.78, 5) is 35.7. The quantitative estimate of drug-likeness (QED) is 0.271. The number of unbranched alkanes of at least 4 members (excludes halogenated alkanes) is 4. The number of hydrogen-bond acceptors (Lipinski definition) is 3. The number of halogens is 9. The lowest BCUT2D eigenvalue weighted by Crippen LogP contribution is -2.78. The topological polar surface area (TPSA) is 60.9 Å². The molecule has 0 heterocycles. The van der Waals surface area contributed by atoms with E-state index < -0.39 is 50.9 Å². The average Bonchev–Trinajstić information content (AvgIpc) is 2.65. The SMILES string of the molecule is CCCCCCC[Si](N(C)C(=O)C(F)(F)F)(N(C)C(=O)C(F)(F)F)N(C)C(=O)C(F)(F)F. The van der Waals surface area contributed by atoms with E-state index in [1.165, 1.54) is 0 Å². The highest BCUT2D eigenvalue weighted by Crippen LogP contribution is 2.34. The van der Waals surface area contributed by atoms with E-state index in [-0.39, 0.29) is 26.5 Å². The molecule has 0 aliphatic carbocycles. The van der Waals surface area contributed by atoms with Gasteiger partial charge in [0.2, 0.25) is 0 Å². The molecule has 32 heavy (non-hydrogen) atoms. The molecule has 6 nitrogen and oxygen atoms in total. The zero-order valence-electron chi connectivity index (χ0n) is 17.7. The Morgan fingerprint density at radius 3 is 1.12 bits per heavy atom. The predicted octanol–water partition coefficient (Wildman–Crippen LogP) is 3.96. The highest BCUT2D eigenvalue weighted by molar-refractivity contribution is 6.77. The fourth-order valence-corrected chi connectivity index (χ4v) is 7.64. The summed E-state index contributed by atoms with van der Waals surface area (Å²) in [5, 5.41) is 0. The molecule has 3 amide bonds. The second-order valence-electron chi connectivity index (χ2n) is 7.02. The van der Waals surface area contributed by atoms with Gasteiger partial charge in [0, 0.05) is 21.1 Å². The smallest absolute Gasteiger partial charge is 0.330 e. The summed E-state index contributed by atoms with van der Waals surface area (Å²) in [5.41, 5.74) is 0. The Balaban J connectivity index is 6.75. The number of carbonyl (C=O) groups excluding carboxylic acids is 3. The first-order chi connectivity index (χ1) is 14.3. The van der Waals surface area contributed by atoms with Crippen molar-refractivity contribution in [2.45, 2.75) is 63.6 Å². The maximum Gasteiger partial charge on any atom is 0.470 e. The summed E-state index contributed by atoms with van der Waals surface area (Å²) in [5.74, 6) is -8.33. The summed E-state index contributed by atoms with van der Waals surface area (Å²) in [6, 6.07) is -0.855. The van der Waals surface area contributed by atoms with Crippen molar-refractivity contribution in [3.05, 3.63) is 0 Å². The Labute approximate surface area is 179 Å². The van der Waals surface area contributed by atoms with Gasteiger partial charge in [-0.25, -0.2) is 0 Å². The number of carbonyl (C=O) groups is 3. The number of amides is 3. The third-order valence-corrected chi connectivity index (χ3v) is 9.73. The third kappa shape index (κ3) is 7.00. The van der Waals surface area contributed by atoms with Crippen molar-refractivity contribution in [2.24, 2.45) is 0 Å². The molecule has 0 radical (unpaired) electrons. The predicted molar refractivity (Wildman–Crippen MR) is 95.8 cm³/mol. The lowest BCUT2D eigenvalue weighted by Gasteiger charge is -2.49. The molecular weight excluding hydrogens is 481 g/mol. The first-order valence-corrected chi connectivity index (χ1v) is 11.4. The highest BCUT2D eigenvalue weighted by Gasteiger charge is 2.63. The normalized spacial score (nSPS) is 13.0. The molecule has 0 unspecified atom stereocenters. The molecule has 0 saturated heterocycles. The Morgan fingerprint density at radius 1 is 0.594 bits per heavy atom. The number of alkyl halides is 9. The highest BCUT2D eigenvalue weighted by atomic mass is 28.4. The van der Waals surface area contributed by atoms with Crippen molar-refractivity contribution in [2.75, 3.05) is 21.1 Å². The monoisotopic (exact) mass is 505 g/mol. The van der Waals surface area contributed by atoms with E-state index in [9.17, 15) is 53.9 Å². The first-order valence-electron chi connectivity index (χ1n) is 9.31. The fraction of sp³-hybridized carbons (Fsp3) is 0.812. The van der Waals surface area contributed by atoms with Crippen LogP contribution in [0.25, 0.3) is 0 Å². The second-order valence-corrected chi connectivity index (χ2v) is 11.1. The van der Waals surface area contributed by atoms with Crippen LogP contribution in [0, 0.1) is 0 Å². The molecule has 0 atom stereocenters. The molecule has 0 rings (SSSR count). The number of hydrogen-bond donors (Lipinski definition) is 0. The van der Waals surface area contributed by atoms with Crippen molar-refractivity contribution in [3.63, 3.8) is 0 Å². The summed E-state index contributed by atoms with van der Waals surface area (Å²) in [6.07, 6.45) is -15.3. The van der Waals surface area contributed by atoms with E-state index in [2.05, 4.69) is 0 Å². The largest absolute Gasteiger partial charge is 0.470 e. The second kappa shape index (κ2) is 10.7. The van der Waals surface area contributed by atoms with Gasteiger partial charge in [0.1, 0.15) is 0 Å². The minimum atomic E-state index is -5.68. The molecule has 0 fully saturated rings. The fourth-order valence-electron chi connectivity index (χ4n) is 3.20. The van der Waals surface area contributed by atoms with E-state index in [1.807, 2.05) is 0 Å². The molecule has 0 spiro atoms. The van der Waals surface area contributed by atoms with E-state index in [0.717, 1.165) is 0 Å². The van der Waals surface area contributed by atoms with Crippen LogP contribution < -0.4 is 0 Å². The Hall–Kier alpha value is -2.00. The average molecular weight is 505 g/mol. The van der Waals surface area contributed by atoms with Crippen LogP contribution in [0.5, 0.6) is 0 Å². The molecule has 0 aliphatic heterocycles. The summed E-state index contributed by atoms with van der Waals surface area (Å²) < 4.78 is 117. The van der Waals surface area contributed by atoms with E-state index in [4.69, 9.17) is 0 Å². The van der Waals surface area contributed by atoms with Crippen LogP contribution in [0.15, 0.2) is 0 Å². The summed E-state index contributed by atoms with van der Waals surface area (Å²) in [7, 11) is -4.37. The molecule has 0 N–H and O–H groups in total. The van der Waals surface area contributed by atoms with Crippen molar-refractivity contribution in [1.29, 1.82) is 0 Å². The van der Waals surface area contributed by atoms with Crippen molar-refractivity contribution >= 4 is 26.3 Å². The number of nitrogens with zero attached hydrogens (tertiary/aromatic N) is 3. The first kappa shape index (κ1) is 30.0. The maximum absolute atomic E-state index is 13.1. The summed E-state index contributed by atoms with van der Waals surface area (Å²) in [6.45, 7) is 1.81. The van der Waals surface area contributed by atoms with Gasteiger partial charge in [-0.3, -0.25) is 14.4 Å². The van der Waals surface area contributed by atoms with Crippen molar-refractivity contribution in [1.82, 2.24) is 13.7 Å². The van der Waals surface area contributed by atoms with Gasteiger partial charge in [-0.15, -0.1) is 0 Å². The van der Waals surface area contributed by atoms with Crippen molar-refractivity contribution < 1.29 is 53.9 Å². The van der Waals surface area contributed by atoms with Gasteiger partial charge >= 0.3 is 44.8 Å². The van der Waals surface area contributed by atoms with Gasteiger partial charge < -0.3 is 13.7 Å². The molecule has 0 saturated carbocycles. The standard InChI is InChI=1S/C16H24F9N3O3Si/c1-5-6-7-8-9-10-32(26(2)11(29)14(17,18)19,27(3)12(30)15(20,21)22)28(4)13(31)16(23,24)25/h5-10H2,1-4H3. The van der Waals surface area contributed by atoms with Gasteiger partial charge in [-0.1, -0.05) is 39.0 Å². The molecule has 0 aromatic rings. The Kier molecular flexibility index (Phi) is 10.1. The zero-order chi connectivity index (χ0) is 25.7. The van der Waals surface area contributed by atoms with Crippen LogP contribution in [-0.4, -0.2) is 79.6 Å². The molecule has 188 valence electrons. The lowest BCUT2D eigenvalue weighted by atomic mass is 10.2. The van der Waals surface area contributed by atoms with Crippen LogP contribution in [0.1, 0.15) is 39.0 Å².